The molecule has 17 heavy (non-hydrogen) atoms. The van der Waals surface area contributed by atoms with Gasteiger partial charge in [-0.05, 0) is 17.5 Å². The molecular weight excluding hydrogens is 232 g/mol. The third-order valence-corrected chi connectivity index (χ3v) is 3.15. The van der Waals surface area contributed by atoms with Crippen LogP contribution in [-0.4, -0.2) is 10.5 Å². The fourth-order valence-electron chi connectivity index (χ4n) is 1.81. The third kappa shape index (κ3) is 3.32. The highest BCUT2D eigenvalue weighted by Gasteiger charge is 2.18. The topological polar surface area (TPSA) is 20.2 Å². The summed E-state index contributed by atoms with van der Waals surface area (Å²) in [6.45, 7) is 0. The highest BCUT2D eigenvalue weighted by Crippen LogP contribution is 2.23. The normalized spacial score (nSPS) is 14.2. The molecule has 0 heterocycles. The first-order valence-electron chi connectivity index (χ1n) is 5.68. The second-order valence-corrected chi connectivity index (χ2v) is 4.62. The Balaban J connectivity index is 2.03. The molecular formula is C15H15ClO. The molecule has 2 rings (SSSR count). The van der Waals surface area contributed by atoms with Gasteiger partial charge in [-0.1, -0.05) is 60.7 Å². The minimum Gasteiger partial charge on any atom is -0.387 e. The lowest BCUT2D eigenvalue weighted by molar-refractivity contribution is 0.172. The molecule has 0 spiro atoms. The Bertz CT molecular complexity index is 441. The molecule has 2 atom stereocenters. The zero-order chi connectivity index (χ0) is 12.1. The first-order chi connectivity index (χ1) is 8.27. The van der Waals surface area contributed by atoms with E-state index in [9.17, 15) is 5.11 Å². The van der Waals surface area contributed by atoms with Gasteiger partial charge in [0.15, 0.2) is 0 Å². The van der Waals surface area contributed by atoms with Crippen molar-refractivity contribution in [2.45, 2.75) is 17.9 Å². The predicted molar refractivity (Wildman–Crippen MR) is 71.2 cm³/mol. The van der Waals surface area contributed by atoms with Crippen molar-refractivity contribution in [2.24, 2.45) is 0 Å². The zero-order valence-electron chi connectivity index (χ0n) is 9.46. The second-order valence-electron chi connectivity index (χ2n) is 4.06. The van der Waals surface area contributed by atoms with Crippen molar-refractivity contribution in [3.05, 3.63) is 71.8 Å². The van der Waals surface area contributed by atoms with Crippen molar-refractivity contribution in [3.8, 4) is 0 Å². The lowest BCUT2D eigenvalue weighted by atomic mass is 10.0. The number of halogens is 1. The van der Waals surface area contributed by atoms with Gasteiger partial charge in [0, 0.05) is 0 Å². The number of alkyl halides is 1. The van der Waals surface area contributed by atoms with Crippen molar-refractivity contribution in [3.63, 3.8) is 0 Å². The van der Waals surface area contributed by atoms with Crippen molar-refractivity contribution in [1.82, 2.24) is 0 Å². The molecule has 0 aromatic heterocycles. The Morgan fingerprint density at radius 3 is 2.00 bits per heavy atom. The van der Waals surface area contributed by atoms with E-state index in [2.05, 4.69) is 0 Å². The van der Waals surface area contributed by atoms with E-state index in [0.717, 1.165) is 11.1 Å². The minimum absolute atomic E-state index is 0.306. The summed E-state index contributed by atoms with van der Waals surface area (Å²) >= 11 is 6.25. The van der Waals surface area contributed by atoms with Gasteiger partial charge in [0.25, 0.3) is 0 Å². The van der Waals surface area contributed by atoms with Gasteiger partial charge in [-0.2, -0.15) is 0 Å². The van der Waals surface area contributed by atoms with E-state index < -0.39 is 6.10 Å². The van der Waals surface area contributed by atoms with E-state index in [4.69, 9.17) is 11.6 Å². The van der Waals surface area contributed by atoms with Crippen LogP contribution in [0, 0.1) is 0 Å². The number of hydrogen-bond donors (Lipinski definition) is 1. The number of rotatable bonds is 4. The van der Waals surface area contributed by atoms with Crippen molar-refractivity contribution < 1.29 is 5.11 Å². The van der Waals surface area contributed by atoms with Crippen LogP contribution < -0.4 is 0 Å². The molecule has 2 heteroatoms. The molecule has 0 saturated heterocycles. The fourth-order valence-corrected chi connectivity index (χ4v) is 2.13. The molecule has 0 bridgehead atoms. The van der Waals surface area contributed by atoms with Crippen LogP contribution >= 0.6 is 11.6 Å². The van der Waals surface area contributed by atoms with E-state index >= 15 is 0 Å². The number of hydrogen-bond acceptors (Lipinski definition) is 1. The van der Waals surface area contributed by atoms with E-state index in [1.54, 1.807) is 0 Å². The lowest BCUT2D eigenvalue weighted by Crippen LogP contribution is -2.15. The molecule has 88 valence electrons. The highest BCUT2D eigenvalue weighted by molar-refractivity contribution is 6.21. The Labute approximate surface area is 107 Å². The highest BCUT2D eigenvalue weighted by atomic mass is 35.5. The molecule has 0 aliphatic carbocycles. The largest absolute Gasteiger partial charge is 0.387 e. The molecule has 0 amide bonds. The van der Waals surface area contributed by atoms with Crippen molar-refractivity contribution >= 4 is 11.6 Å². The number of aliphatic hydroxyl groups is 1. The molecule has 0 fully saturated rings. The van der Waals surface area contributed by atoms with Crippen molar-refractivity contribution in [1.29, 1.82) is 0 Å². The summed E-state index contributed by atoms with van der Waals surface area (Å²) in [4.78, 5) is 0. The summed E-state index contributed by atoms with van der Waals surface area (Å²) in [6.07, 6.45) is 0.0384. The van der Waals surface area contributed by atoms with Gasteiger partial charge in [0.2, 0.25) is 0 Å². The van der Waals surface area contributed by atoms with Crippen LogP contribution in [-0.2, 0) is 6.42 Å². The molecule has 0 aliphatic heterocycles. The van der Waals surface area contributed by atoms with Gasteiger partial charge in [0.05, 0.1) is 11.5 Å². The summed E-state index contributed by atoms with van der Waals surface area (Å²) < 4.78 is 0. The van der Waals surface area contributed by atoms with E-state index in [1.807, 2.05) is 60.7 Å². The Morgan fingerprint density at radius 2 is 1.41 bits per heavy atom. The molecule has 0 unspecified atom stereocenters. The number of aliphatic hydroxyl groups excluding tert-OH is 1. The quantitative estimate of drug-likeness (QED) is 0.818. The summed E-state index contributed by atoms with van der Waals surface area (Å²) in [5.41, 5.74) is 2.01. The standard InChI is InChI=1S/C15H15ClO/c16-14(11-12-7-3-1-4-8-12)15(17)13-9-5-2-6-10-13/h1-10,14-15,17H,11H2/t14-,15-/m1/s1. The maximum absolute atomic E-state index is 10.1. The van der Waals surface area contributed by atoms with Crippen molar-refractivity contribution in [2.75, 3.05) is 0 Å². The smallest absolute Gasteiger partial charge is 0.0956 e. The minimum atomic E-state index is -0.627. The summed E-state index contributed by atoms with van der Waals surface area (Å²) in [5, 5.41) is 9.81. The van der Waals surface area contributed by atoms with E-state index in [1.165, 1.54) is 0 Å². The van der Waals surface area contributed by atoms with Gasteiger partial charge in [-0.15, -0.1) is 11.6 Å². The maximum atomic E-state index is 10.1. The Hall–Kier alpha value is -1.31. The molecule has 2 aromatic carbocycles. The van der Waals surface area contributed by atoms with Crippen LogP contribution in [0.2, 0.25) is 0 Å². The zero-order valence-corrected chi connectivity index (χ0v) is 10.2. The average molecular weight is 247 g/mol. The van der Waals surface area contributed by atoms with Crippen LogP contribution in [0.25, 0.3) is 0 Å². The monoisotopic (exact) mass is 246 g/mol. The molecule has 1 N–H and O–H groups in total. The van der Waals surface area contributed by atoms with Crippen LogP contribution in [0.15, 0.2) is 60.7 Å². The lowest BCUT2D eigenvalue weighted by Gasteiger charge is -2.17. The first-order valence-corrected chi connectivity index (χ1v) is 6.12. The molecule has 2 aromatic rings. The van der Waals surface area contributed by atoms with Crippen LogP contribution in [0.3, 0.4) is 0 Å². The van der Waals surface area contributed by atoms with Crippen LogP contribution in [0.1, 0.15) is 17.2 Å². The molecule has 1 nitrogen and oxygen atoms in total. The molecule has 0 aliphatic rings. The molecule has 0 radical (unpaired) electrons. The maximum Gasteiger partial charge on any atom is 0.0956 e. The number of benzene rings is 2. The van der Waals surface area contributed by atoms with Gasteiger partial charge in [-0.3, -0.25) is 0 Å². The molecule has 0 saturated carbocycles. The third-order valence-electron chi connectivity index (χ3n) is 2.76. The first kappa shape index (κ1) is 12.2. The van der Waals surface area contributed by atoms with Gasteiger partial charge in [0.1, 0.15) is 0 Å². The Morgan fingerprint density at radius 1 is 0.882 bits per heavy atom. The van der Waals surface area contributed by atoms with Crippen LogP contribution in [0.4, 0.5) is 0 Å². The van der Waals surface area contributed by atoms with Gasteiger partial charge in [-0.25, -0.2) is 0 Å². The SMILES string of the molecule is O[C@H](c1ccccc1)[C@H](Cl)Cc1ccccc1. The van der Waals surface area contributed by atoms with E-state index in [-0.39, 0.29) is 5.38 Å². The fraction of sp³-hybridized carbons (Fsp3) is 0.200. The Kier molecular flexibility index (Phi) is 4.18. The average Bonchev–Trinajstić information content (AvgIpc) is 2.40. The summed E-state index contributed by atoms with van der Waals surface area (Å²) in [5.74, 6) is 0. The van der Waals surface area contributed by atoms with E-state index in [0.29, 0.717) is 6.42 Å². The second kappa shape index (κ2) is 5.85. The van der Waals surface area contributed by atoms with Gasteiger partial charge < -0.3 is 5.11 Å². The van der Waals surface area contributed by atoms with Gasteiger partial charge >= 0.3 is 0 Å². The van der Waals surface area contributed by atoms with Crippen LogP contribution in [0.5, 0.6) is 0 Å². The predicted octanol–water partition coefficient (Wildman–Crippen LogP) is 3.57. The summed E-state index contributed by atoms with van der Waals surface area (Å²) in [6, 6.07) is 19.5. The summed E-state index contributed by atoms with van der Waals surface area (Å²) in [7, 11) is 0.